The Bertz CT molecular complexity index is 578. The molecule has 2 N–H and O–H groups in total. The molecule has 0 saturated carbocycles. The van der Waals surface area contributed by atoms with Gasteiger partial charge < -0.3 is 10.4 Å². The van der Waals surface area contributed by atoms with E-state index in [4.69, 9.17) is 5.11 Å². The minimum Gasteiger partial charge on any atom is -0.382 e. The second kappa shape index (κ2) is 5.72. The molecule has 1 atom stereocenters. The van der Waals surface area contributed by atoms with E-state index >= 15 is 0 Å². The van der Waals surface area contributed by atoms with Crippen molar-refractivity contribution >= 4 is 15.5 Å². The number of sulfone groups is 1. The van der Waals surface area contributed by atoms with Crippen molar-refractivity contribution in [2.45, 2.75) is 22.7 Å². The quantitative estimate of drug-likeness (QED) is 0.828. The Morgan fingerprint density at radius 2 is 1.52 bits per heavy atom. The zero-order valence-electron chi connectivity index (χ0n) is 10.0. The van der Waals surface area contributed by atoms with Crippen LogP contribution in [0.1, 0.15) is 0 Å². The van der Waals surface area contributed by atoms with E-state index in [0.29, 0.717) is 12.1 Å². The van der Waals surface area contributed by atoms with Gasteiger partial charge in [-0.25, -0.2) is 8.42 Å². The first-order chi connectivity index (χ1) is 9.35. The minimum atomic E-state index is -5.50. The molecular formula is C10H9F6NO3S. The monoisotopic (exact) mass is 337 g/mol. The molecule has 0 spiro atoms. The molecule has 0 unspecified atom stereocenters. The van der Waals surface area contributed by atoms with Gasteiger partial charge in [0.1, 0.15) is 0 Å². The number of anilines is 1. The zero-order chi connectivity index (χ0) is 16.5. The highest BCUT2D eigenvalue weighted by Crippen LogP contribution is 2.30. The molecule has 120 valence electrons. The van der Waals surface area contributed by atoms with Gasteiger partial charge in [-0.2, -0.15) is 26.3 Å². The lowest BCUT2D eigenvalue weighted by Gasteiger charge is -2.16. The van der Waals surface area contributed by atoms with E-state index in [9.17, 15) is 34.8 Å². The molecule has 0 amide bonds. The summed E-state index contributed by atoms with van der Waals surface area (Å²) in [6, 6.07) is 2.93. The fraction of sp³-hybridized carbons (Fsp3) is 0.400. The maximum absolute atomic E-state index is 12.2. The lowest BCUT2D eigenvalue weighted by atomic mass is 10.3. The minimum absolute atomic E-state index is 0.0700. The van der Waals surface area contributed by atoms with Gasteiger partial charge in [0.25, 0.3) is 9.84 Å². The van der Waals surface area contributed by atoms with Crippen molar-refractivity contribution in [3.63, 3.8) is 0 Å². The topological polar surface area (TPSA) is 66.4 Å². The van der Waals surface area contributed by atoms with Crippen LogP contribution in [0.2, 0.25) is 0 Å². The van der Waals surface area contributed by atoms with E-state index in [1.54, 1.807) is 0 Å². The molecule has 11 heteroatoms. The van der Waals surface area contributed by atoms with Crippen LogP contribution < -0.4 is 5.32 Å². The molecule has 0 aromatic heterocycles. The predicted octanol–water partition coefficient (Wildman–Crippen LogP) is 2.32. The predicted molar refractivity (Wildman–Crippen MR) is 60.2 cm³/mol. The first-order valence-corrected chi connectivity index (χ1v) is 6.74. The molecule has 0 fully saturated rings. The van der Waals surface area contributed by atoms with Crippen molar-refractivity contribution in [2.24, 2.45) is 0 Å². The van der Waals surface area contributed by atoms with Gasteiger partial charge in [0.15, 0.2) is 6.10 Å². The highest BCUT2D eigenvalue weighted by Gasteiger charge is 2.46. The summed E-state index contributed by atoms with van der Waals surface area (Å²) < 4.78 is 94.8. The van der Waals surface area contributed by atoms with E-state index < -0.39 is 39.1 Å². The van der Waals surface area contributed by atoms with E-state index in [-0.39, 0.29) is 5.69 Å². The summed E-state index contributed by atoms with van der Waals surface area (Å²) in [6.45, 7) is -0.922. The van der Waals surface area contributed by atoms with Gasteiger partial charge in [0, 0.05) is 12.2 Å². The van der Waals surface area contributed by atoms with Crippen molar-refractivity contribution in [1.82, 2.24) is 0 Å². The lowest BCUT2D eigenvalue weighted by molar-refractivity contribution is -0.198. The van der Waals surface area contributed by atoms with Crippen molar-refractivity contribution in [3.8, 4) is 0 Å². The molecule has 1 aromatic carbocycles. The van der Waals surface area contributed by atoms with Crippen molar-refractivity contribution in [2.75, 3.05) is 11.9 Å². The summed E-state index contributed by atoms with van der Waals surface area (Å²) in [5.74, 6) is 0. The first-order valence-electron chi connectivity index (χ1n) is 5.26. The molecule has 1 aromatic rings. The van der Waals surface area contributed by atoms with E-state index in [1.807, 2.05) is 0 Å². The average molecular weight is 337 g/mol. The van der Waals surface area contributed by atoms with Gasteiger partial charge in [-0.1, -0.05) is 0 Å². The fourth-order valence-electron chi connectivity index (χ4n) is 1.22. The number of aliphatic hydroxyl groups is 1. The summed E-state index contributed by atoms with van der Waals surface area (Å²) >= 11 is 0. The van der Waals surface area contributed by atoms with E-state index in [2.05, 4.69) is 5.32 Å². The summed E-state index contributed by atoms with van der Waals surface area (Å²) in [6.07, 6.45) is -7.50. The number of halogens is 6. The molecule has 0 bridgehead atoms. The largest absolute Gasteiger partial charge is 0.501 e. The Kier molecular flexibility index (Phi) is 4.78. The second-order valence-electron chi connectivity index (χ2n) is 3.91. The van der Waals surface area contributed by atoms with Crippen LogP contribution in [0, 0.1) is 0 Å². The summed E-state index contributed by atoms with van der Waals surface area (Å²) in [4.78, 5) is -1.03. The Balaban J connectivity index is 2.81. The zero-order valence-corrected chi connectivity index (χ0v) is 10.9. The van der Waals surface area contributed by atoms with E-state index in [0.717, 1.165) is 12.1 Å². The third kappa shape index (κ3) is 4.24. The smallest absolute Gasteiger partial charge is 0.382 e. The molecule has 0 aliphatic carbocycles. The number of nitrogens with one attached hydrogen (secondary N) is 1. The number of hydrogen-bond donors (Lipinski definition) is 2. The van der Waals surface area contributed by atoms with Gasteiger partial charge in [0.05, 0.1) is 4.90 Å². The van der Waals surface area contributed by atoms with Crippen LogP contribution in [0.15, 0.2) is 29.2 Å². The Morgan fingerprint density at radius 3 is 1.90 bits per heavy atom. The van der Waals surface area contributed by atoms with Crippen LogP contribution in [-0.4, -0.2) is 37.9 Å². The normalized spacial score (nSPS) is 14.8. The number of aliphatic hydroxyl groups excluding tert-OH is 1. The Hall–Kier alpha value is -1.49. The van der Waals surface area contributed by atoms with Crippen molar-refractivity contribution in [3.05, 3.63) is 24.3 Å². The van der Waals surface area contributed by atoms with Crippen LogP contribution in [0.25, 0.3) is 0 Å². The van der Waals surface area contributed by atoms with Gasteiger partial charge in [-0.05, 0) is 24.3 Å². The molecule has 1 rings (SSSR count). The molecule has 4 nitrogen and oxygen atoms in total. The highest BCUT2D eigenvalue weighted by atomic mass is 32.2. The third-order valence-electron chi connectivity index (χ3n) is 2.35. The van der Waals surface area contributed by atoms with Gasteiger partial charge in [-0.15, -0.1) is 0 Å². The summed E-state index contributed by atoms with van der Waals surface area (Å²) in [5, 5.41) is 10.8. The van der Waals surface area contributed by atoms with Crippen LogP contribution in [-0.2, 0) is 9.84 Å². The van der Waals surface area contributed by atoms with Crippen LogP contribution in [0.5, 0.6) is 0 Å². The Morgan fingerprint density at radius 1 is 1.05 bits per heavy atom. The van der Waals surface area contributed by atoms with Gasteiger partial charge in [-0.3, -0.25) is 0 Å². The van der Waals surface area contributed by atoms with Gasteiger partial charge >= 0.3 is 11.7 Å². The number of alkyl halides is 6. The molecule has 0 aliphatic heterocycles. The maximum atomic E-state index is 12.2. The van der Waals surface area contributed by atoms with Crippen molar-refractivity contribution < 1.29 is 39.9 Å². The van der Waals surface area contributed by atoms with Crippen molar-refractivity contribution in [1.29, 1.82) is 0 Å². The second-order valence-corrected chi connectivity index (χ2v) is 5.85. The van der Waals surface area contributed by atoms with Gasteiger partial charge in [0.2, 0.25) is 0 Å². The molecular weight excluding hydrogens is 328 g/mol. The maximum Gasteiger partial charge on any atom is 0.501 e. The van der Waals surface area contributed by atoms with Crippen LogP contribution in [0.4, 0.5) is 32.0 Å². The highest BCUT2D eigenvalue weighted by molar-refractivity contribution is 7.92. The van der Waals surface area contributed by atoms with E-state index in [1.165, 1.54) is 0 Å². The molecule has 0 radical (unpaired) electrons. The number of benzene rings is 1. The third-order valence-corrected chi connectivity index (χ3v) is 3.85. The number of rotatable bonds is 4. The summed E-state index contributed by atoms with van der Waals surface area (Å²) in [7, 11) is -5.50. The SMILES string of the molecule is O=S(=O)(c1ccc(NC[C@@H](O)C(F)(F)F)cc1)C(F)(F)F. The number of hydrogen-bond acceptors (Lipinski definition) is 4. The lowest BCUT2D eigenvalue weighted by Crippen LogP contribution is -2.35. The van der Waals surface area contributed by atoms with Crippen LogP contribution >= 0.6 is 0 Å². The Labute approximate surface area is 115 Å². The average Bonchev–Trinajstić information content (AvgIpc) is 2.33. The van der Waals surface area contributed by atoms with Crippen LogP contribution in [0.3, 0.4) is 0 Å². The molecule has 0 aliphatic rings. The molecule has 0 saturated heterocycles. The first kappa shape index (κ1) is 17.6. The molecule has 21 heavy (non-hydrogen) atoms. The standard InChI is InChI=1S/C10H9F6NO3S/c11-9(12,13)8(18)5-17-6-1-3-7(4-2-6)21(19,20)10(14,15)16/h1-4,8,17-18H,5H2/t8-/m1/s1. The summed E-state index contributed by atoms with van der Waals surface area (Å²) in [5.41, 5.74) is -5.53. The molecule has 0 heterocycles. The fourth-order valence-corrected chi connectivity index (χ4v) is 1.98.